The summed E-state index contributed by atoms with van der Waals surface area (Å²) >= 11 is 0. The molecule has 1 aliphatic rings. The predicted molar refractivity (Wildman–Crippen MR) is 83.6 cm³/mol. The van der Waals surface area contributed by atoms with Crippen LogP contribution in [0.2, 0.25) is 0 Å². The zero-order chi connectivity index (χ0) is 15.5. The Labute approximate surface area is 126 Å². The normalized spacial score (nSPS) is 20.2. The van der Waals surface area contributed by atoms with Crippen LogP contribution in [-0.4, -0.2) is 37.5 Å². The first-order valence-corrected chi connectivity index (χ1v) is 8.88. The molecule has 2 rings (SSSR count). The number of carbonyl (C=O) groups excluding carboxylic acids is 1. The maximum Gasteiger partial charge on any atom is 0.228 e. The number of nitrogens with zero attached hydrogens (tertiary/aromatic N) is 1. The molecule has 1 aromatic rings. The summed E-state index contributed by atoms with van der Waals surface area (Å²) in [5.74, 6) is -0.295. The van der Waals surface area contributed by atoms with Crippen LogP contribution in [0.5, 0.6) is 0 Å². The molecule has 1 amide bonds. The van der Waals surface area contributed by atoms with Crippen molar-refractivity contribution in [3.8, 4) is 0 Å². The second-order valence-corrected chi connectivity index (χ2v) is 7.71. The largest absolute Gasteiger partial charge is 0.326 e. The van der Waals surface area contributed by atoms with Crippen molar-refractivity contribution in [1.82, 2.24) is 4.31 Å². The fraction of sp³-hybridized carbons (Fsp3) is 0.533. The van der Waals surface area contributed by atoms with Crippen LogP contribution >= 0.6 is 0 Å². The minimum Gasteiger partial charge on any atom is -0.326 e. The zero-order valence-electron chi connectivity index (χ0n) is 12.5. The molecule has 1 aromatic carbocycles. The van der Waals surface area contributed by atoms with Crippen molar-refractivity contribution >= 4 is 21.6 Å². The van der Waals surface area contributed by atoms with E-state index in [0.717, 1.165) is 24.1 Å². The maximum absolute atomic E-state index is 12.3. The summed E-state index contributed by atoms with van der Waals surface area (Å²) in [6.45, 7) is 4.40. The van der Waals surface area contributed by atoms with Gasteiger partial charge in [-0.1, -0.05) is 12.1 Å². The van der Waals surface area contributed by atoms with E-state index in [9.17, 15) is 13.2 Å². The first-order valence-electron chi connectivity index (χ1n) is 7.27. The van der Waals surface area contributed by atoms with Gasteiger partial charge in [0.05, 0.1) is 11.7 Å². The summed E-state index contributed by atoms with van der Waals surface area (Å²) in [5, 5.41) is 2.88. The maximum atomic E-state index is 12.3. The van der Waals surface area contributed by atoms with Gasteiger partial charge in [0.2, 0.25) is 15.9 Å². The average Bonchev–Trinajstić information content (AvgIpc) is 2.47. The first kappa shape index (κ1) is 16.0. The highest BCUT2D eigenvalue weighted by molar-refractivity contribution is 7.89. The minimum atomic E-state index is -3.21. The first-order chi connectivity index (χ1) is 9.92. The van der Waals surface area contributed by atoms with E-state index in [2.05, 4.69) is 5.32 Å². The van der Waals surface area contributed by atoms with Gasteiger partial charge in [0.25, 0.3) is 0 Å². The van der Waals surface area contributed by atoms with Gasteiger partial charge in [-0.15, -0.1) is 0 Å². The third-order valence-electron chi connectivity index (χ3n) is 3.80. The number of aryl methyl sites for hydroxylation is 1. The molecule has 1 N–H and O–H groups in total. The number of carbonyl (C=O) groups is 1. The van der Waals surface area contributed by atoms with Crippen LogP contribution in [0.3, 0.4) is 0 Å². The summed E-state index contributed by atoms with van der Waals surface area (Å²) in [6.07, 6.45) is 1.46. The lowest BCUT2D eigenvalue weighted by molar-refractivity contribution is -0.120. The number of piperidine rings is 1. The van der Waals surface area contributed by atoms with Crippen LogP contribution in [0.25, 0.3) is 0 Å². The molecule has 1 atom stereocenters. The van der Waals surface area contributed by atoms with Gasteiger partial charge in [-0.3, -0.25) is 4.79 Å². The third-order valence-corrected chi connectivity index (χ3v) is 5.65. The van der Waals surface area contributed by atoms with E-state index in [1.807, 2.05) is 31.2 Å². The topological polar surface area (TPSA) is 66.5 Å². The molecule has 1 fully saturated rings. The standard InChI is InChI=1S/C15H22N2O3S/c1-3-21(19,20)17-9-5-7-13(11-17)15(18)16-14-8-4-6-12(2)10-14/h4,6,8,10,13H,3,5,7,9,11H2,1-2H3,(H,16,18). The van der Waals surface area contributed by atoms with Crippen molar-refractivity contribution in [2.24, 2.45) is 5.92 Å². The molecule has 1 heterocycles. The number of hydrogen-bond donors (Lipinski definition) is 1. The van der Waals surface area contributed by atoms with E-state index in [4.69, 9.17) is 0 Å². The molecule has 0 aromatic heterocycles. The molecular formula is C15H22N2O3S. The van der Waals surface area contributed by atoms with Crippen molar-refractivity contribution < 1.29 is 13.2 Å². The van der Waals surface area contributed by atoms with E-state index >= 15 is 0 Å². The van der Waals surface area contributed by atoms with Gasteiger partial charge >= 0.3 is 0 Å². The van der Waals surface area contributed by atoms with Crippen molar-refractivity contribution in [3.63, 3.8) is 0 Å². The molecular weight excluding hydrogens is 288 g/mol. The number of benzene rings is 1. The highest BCUT2D eigenvalue weighted by Gasteiger charge is 2.31. The molecule has 1 saturated heterocycles. The van der Waals surface area contributed by atoms with Crippen LogP contribution in [0, 0.1) is 12.8 Å². The highest BCUT2D eigenvalue weighted by Crippen LogP contribution is 2.21. The molecule has 0 radical (unpaired) electrons. The predicted octanol–water partition coefficient (Wildman–Crippen LogP) is 2.00. The Bertz CT molecular complexity index is 613. The van der Waals surface area contributed by atoms with Gasteiger partial charge in [-0.25, -0.2) is 12.7 Å². The SMILES string of the molecule is CCS(=O)(=O)N1CCCC(C(=O)Nc2cccc(C)c2)C1. The van der Waals surface area contributed by atoms with Gasteiger partial charge in [-0.05, 0) is 44.4 Å². The summed E-state index contributed by atoms with van der Waals surface area (Å²) in [7, 11) is -3.21. The van der Waals surface area contributed by atoms with Gasteiger partial charge in [-0.2, -0.15) is 0 Å². The summed E-state index contributed by atoms with van der Waals surface area (Å²) in [4.78, 5) is 12.3. The molecule has 0 aliphatic carbocycles. The number of rotatable bonds is 4. The lowest BCUT2D eigenvalue weighted by atomic mass is 9.98. The molecule has 1 aliphatic heterocycles. The van der Waals surface area contributed by atoms with Crippen molar-refractivity contribution in [2.45, 2.75) is 26.7 Å². The monoisotopic (exact) mass is 310 g/mol. The molecule has 0 spiro atoms. The minimum absolute atomic E-state index is 0.0826. The Morgan fingerprint density at radius 2 is 2.19 bits per heavy atom. The van der Waals surface area contributed by atoms with Gasteiger partial charge in [0.1, 0.15) is 0 Å². The molecule has 5 nitrogen and oxygen atoms in total. The Morgan fingerprint density at radius 3 is 2.86 bits per heavy atom. The molecule has 6 heteroatoms. The second-order valence-electron chi connectivity index (χ2n) is 5.46. The lowest BCUT2D eigenvalue weighted by Gasteiger charge is -2.30. The third kappa shape index (κ3) is 4.04. The molecule has 21 heavy (non-hydrogen) atoms. The summed E-state index contributed by atoms with van der Waals surface area (Å²) < 4.78 is 25.3. The zero-order valence-corrected chi connectivity index (χ0v) is 13.3. The fourth-order valence-electron chi connectivity index (χ4n) is 2.56. The van der Waals surface area contributed by atoms with E-state index in [0.29, 0.717) is 6.54 Å². The Morgan fingerprint density at radius 1 is 1.43 bits per heavy atom. The van der Waals surface area contributed by atoms with Crippen molar-refractivity contribution in [1.29, 1.82) is 0 Å². The van der Waals surface area contributed by atoms with Gasteiger partial charge in [0.15, 0.2) is 0 Å². The van der Waals surface area contributed by atoms with E-state index in [1.54, 1.807) is 6.92 Å². The van der Waals surface area contributed by atoms with Gasteiger partial charge < -0.3 is 5.32 Å². The summed E-state index contributed by atoms with van der Waals surface area (Å²) in [5.41, 5.74) is 1.84. The number of hydrogen-bond acceptors (Lipinski definition) is 3. The van der Waals surface area contributed by atoms with E-state index < -0.39 is 10.0 Å². The molecule has 0 saturated carbocycles. The molecule has 116 valence electrons. The van der Waals surface area contributed by atoms with Gasteiger partial charge in [0, 0.05) is 18.8 Å². The summed E-state index contributed by atoms with van der Waals surface area (Å²) in [6, 6.07) is 7.60. The number of anilines is 1. The molecule has 1 unspecified atom stereocenters. The van der Waals surface area contributed by atoms with Crippen LogP contribution in [0.15, 0.2) is 24.3 Å². The number of amides is 1. The van der Waals surface area contributed by atoms with Crippen LogP contribution in [0.4, 0.5) is 5.69 Å². The Hall–Kier alpha value is -1.40. The second kappa shape index (κ2) is 6.58. The lowest BCUT2D eigenvalue weighted by Crippen LogP contribution is -2.44. The average molecular weight is 310 g/mol. The van der Waals surface area contributed by atoms with Crippen LogP contribution in [-0.2, 0) is 14.8 Å². The smallest absolute Gasteiger partial charge is 0.228 e. The van der Waals surface area contributed by atoms with E-state index in [1.165, 1.54) is 4.31 Å². The Balaban J connectivity index is 2.02. The highest BCUT2D eigenvalue weighted by atomic mass is 32.2. The molecule has 0 bridgehead atoms. The van der Waals surface area contributed by atoms with Crippen molar-refractivity contribution in [3.05, 3.63) is 29.8 Å². The van der Waals surface area contributed by atoms with Crippen molar-refractivity contribution in [2.75, 3.05) is 24.2 Å². The van der Waals surface area contributed by atoms with Crippen LogP contribution in [0.1, 0.15) is 25.3 Å². The number of sulfonamides is 1. The Kier molecular flexibility index (Phi) is 5.00. The quantitative estimate of drug-likeness (QED) is 0.925. The number of nitrogens with one attached hydrogen (secondary N) is 1. The van der Waals surface area contributed by atoms with E-state index in [-0.39, 0.29) is 24.1 Å². The fourth-order valence-corrected chi connectivity index (χ4v) is 3.74. The van der Waals surface area contributed by atoms with Crippen LogP contribution < -0.4 is 5.32 Å².